The molecule has 8 nitrogen and oxygen atoms in total. The molecule has 0 fully saturated rings. The van der Waals surface area contributed by atoms with E-state index in [0.29, 0.717) is 11.2 Å². The number of anilines is 2. The summed E-state index contributed by atoms with van der Waals surface area (Å²) in [6.45, 7) is 1.54. The van der Waals surface area contributed by atoms with Crippen LogP contribution in [0.25, 0.3) is 44.1 Å². The number of furan rings is 2. The summed E-state index contributed by atoms with van der Waals surface area (Å²) in [5, 5.41) is 8.75. The maximum atomic E-state index is 5.96. The lowest BCUT2D eigenvalue weighted by molar-refractivity contribution is 0.664. The highest BCUT2D eigenvalue weighted by Gasteiger charge is 2.13. The van der Waals surface area contributed by atoms with Gasteiger partial charge >= 0.3 is 0 Å². The maximum absolute atomic E-state index is 5.96. The SMILES string of the molecule is c1ccc2c(c1)oc1c(NCCCCNc3ncnc4c3oc3ccccc34)ncnc12. The molecule has 6 rings (SSSR count). The van der Waals surface area contributed by atoms with E-state index in [0.717, 1.165) is 70.5 Å². The lowest BCUT2D eigenvalue weighted by Crippen LogP contribution is -2.08. The minimum absolute atomic E-state index is 0.695. The van der Waals surface area contributed by atoms with Gasteiger partial charge in [0.05, 0.1) is 0 Å². The number of unbranched alkanes of at least 4 members (excludes halogenated alkanes) is 1. The monoisotopic (exact) mass is 424 g/mol. The van der Waals surface area contributed by atoms with Crippen LogP contribution >= 0.6 is 0 Å². The lowest BCUT2D eigenvalue weighted by atomic mass is 10.2. The predicted molar refractivity (Wildman–Crippen MR) is 125 cm³/mol. The van der Waals surface area contributed by atoms with Gasteiger partial charge in [-0.15, -0.1) is 0 Å². The Bertz CT molecular complexity index is 1440. The molecule has 0 saturated heterocycles. The zero-order chi connectivity index (χ0) is 21.3. The van der Waals surface area contributed by atoms with Crippen molar-refractivity contribution in [2.75, 3.05) is 23.7 Å². The molecule has 0 aliphatic carbocycles. The van der Waals surface area contributed by atoms with E-state index in [1.807, 2.05) is 48.5 Å². The Balaban J connectivity index is 1.09. The number of hydrogen-bond acceptors (Lipinski definition) is 8. The standard InChI is InChI=1S/C24H20N6O2/c1-3-9-17-15(7-1)19-21(31-17)23(29-13-27-19)25-11-5-6-12-26-24-22-20(28-14-30-24)16-8-2-4-10-18(16)32-22/h1-4,7-10,13-14H,5-6,11-12H2,(H,25,27,29)(H,26,28,30). The Morgan fingerprint density at radius 1 is 0.594 bits per heavy atom. The third kappa shape index (κ3) is 3.17. The topological polar surface area (TPSA) is 102 Å². The normalized spacial score (nSPS) is 11.6. The summed E-state index contributed by atoms with van der Waals surface area (Å²) in [5.74, 6) is 1.44. The van der Waals surface area contributed by atoms with Crippen molar-refractivity contribution in [3.63, 3.8) is 0 Å². The molecule has 0 bridgehead atoms. The van der Waals surface area contributed by atoms with E-state index >= 15 is 0 Å². The molecule has 0 radical (unpaired) electrons. The third-order valence-electron chi connectivity index (χ3n) is 5.50. The Morgan fingerprint density at radius 2 is 1.06 bits per heavy atom. The van der Waals surface area contributed by atoms with Gasteiger partial charge in [-0.25, -0.2) is 19.9 Å². The summed E-state index contributed by atoms with van der Waals surface area (Å²) in [4.78, 5) is 17.5. The van der Waals surface area contributed by atoms with Crippen LogP contribution in [-0.2, 0) is 0 Å². The summed E-state index contributed by atoms with van der Waals surface area (Å²) in [5.41, 5.74) is 4.69. The molecule has 2 aromatic carbocycles. The molecular formula is C24H20N6O2. The molecule has 0 aliphatic rings. The van der Waals surface area contributed by atoms with E-state index in [4.69, 9.17) is 8.83 Å². The molecule has 0 aliphatic heterocycles. The van der Waals surface area contributed by atoms with Gasteiger partial charge in [-0.05, 0) is 37.1 Å². The van der Waals surface area contributed by atoms with E-state index in [9.17, 15) is 0 Å². The first-order valence-corrected chi connectivity index (χ1v) is 10.6. The summed E-state index contributed by atoms with van der Waals surface area (Å²) in [7, 11) is 0. The van der Waals surface area contributed by atoms with Crippen molar-refractivity contribution >= 4 is 55.8 Å². The fourth-order valence-corrected chi connectivity index (χ4v) is 3.96. The van der Waals surface area contributed by atoms with Gasteiger partial charge in [0.25, 0.3) is 0 Å². The van der Waals surface area contributed by atoms with Crippen molar-refractivity contribution in [3.05, 3.63) is 61.2 Å². The number of para-hydroxylation sites is 2. The second-order valence-electron chi connectivity index (χ2n) is 7.56. The number of nitrogens with zero attached hydrogens (tertiary/aromatic N) is 4. The van der Waals surface area contributed by atoms with E-state index in [-0.39, 0.29) is 0 Å². The first kappa shape index (κ1) is 18.6. The van der Waals surface area contributed by atoms with Gasteiger partial charge in [-0.1, -0.05) is 24.3 Å². The Kier molecular flexibility index (Phi) is 4.53. The number of rotatable bonds is 7. The summed E-state index contributed by atoms with van der Waals surface area (Å²) >= 11 is 0. The second-order valence-corrected chi connectivity index (χ2v) is 7.56. The van der Waals surface area contributed by atoms with Crippen LogP contribution in [0.5, 0.6) is 0 Å². The van der Waals surface area contributed by atoms with Gasteiger partial charge in [-0.3, -0.25) is 0 Å². The van der Waals surface area contributed by atoms with E-state index in [1.54, 1.807) is 12.7 Å². The van der Waals surface area contributed by atoms with Crippen molar-refractivity contribution in [1.29, 1.82) is 0 Å². The molecule has 0 spiro atoms. The predicted octanol–water partition coefficient (Wildman–Crippen LogP) is 5.37. The second kappa shape index (κ2) is 7.81. The molecule has 0 saturated carbocycles. The largest absolute Gasteiger partial charge is 0.450 e. The maximum Gasteiger partial charge on any atom is 0.196 e. The van der Waals surface area contributed by atoms with Gasteiger partial charge in [0.15, 0.2) is 22.8 Å². The van der Waals surface area contributed by atoms with Crippen molar-refractivity contribution in [1.82, 2.24) is 19.9 Å². The molecule has 6 aromatic rings. The van der Waals surface area contributed by atoms with Gasteiger partial charge in [0.2, 0.25) is 0 Å². The minimum Gasteiger partial charge on any atom is -0.450 e. The molecule has 158 valence electrons. The zero-order valence-electron chi connectivity index (χ0n) is 17.2. The number of nitrogens with one attached hydrogen (secondary N) is 2. The summed E-state index contributed by atoms with van der Waals surface area (Å²) < 4.78 is 11.9. The highest BCUT2D eigenvalue weighted by molar-refractivity contribution is 6.06. The van der Waals surface area contributed by atoms with Crippen molar-refractivity contribution in [2.45, 2.75) is 12.8 Å². The molecule has 32 heavy (non-hydrogen) atoms. The number of fused-ring (bicyclic) bond motifs is 6. The van der Waals surface area contributed by atoms with Gasteiger partial charge in [0, 0.05) is 23.9 Å². The number of benzene rings is 2. The molecule has 0 unspecified atom stereocenters. The van der Waals surface area contributed by atoms with Crippen LogP contribution in [0.3, 0.4) is 0 Å². The number of hydrogen-bond donors (Lipinski definition) is 2. The van der Waals surface area contributed by atoms with Crippen LogP contribution in [-0.4, -0.2) is 33.0 Å². The fourth-order valence-electron chi connectivity index (χ4n) is 3.96. The van der Waals surface area contributed by atoms with Crippen LogP contribution in [0.15, 0.2) is 70.0 Å². The van der Waals surface area contributed by atoms with Gasteiger partial charge in [0.1, 0.15) is 34.9 Å². The van der Waals surface area contributed by atoms with Crippen molar-refractivity contribution in [2.24, 2.45) is 0 Å². The Morgan fingerprint density at radius 3 is 1.56 bits per heavy atom. The molecule has 4 aromatic heterocycles. The smallest absolute Gasteiger partial charge is 0.196 e. The quantitative estimate of drug-likeness (QED) is 0.330. The molecule has 8 heteroatoms. The molecule has 0 atom stereocenters. The zero-order valence-corrected chi connectivity index (χ0v) is 17.2. The Hall–Kier alpha value is -4.20. The number of aromatic nitrogens is 4. The van der Waals surface area contributed by atoms with Crippen LogP contribution in [0.4, 0.5) is 11.6 Å². The van der Waals surface area contributed by atoms with Crippen molar-refractivity contribution in [3.8, 4) is 0 Å². The first-order chi connectivity index (χ1) is 15.9. The van der Waals surface area contributed by atoms with Crippen LogP contribution < -0.4 is 10.6 Å². The van der Waals surface area contributed by atoms with Crippen LogP contribution in [0, 0.1) is 0 Å². The van der Waals surface area contributed by atoms with Crippen LogP contribution in [0.1, 0.15) is 12.8 Å². The highest BCUT2D eigenvalue weighted by atomic mass is 16.3. The fraction of sp³-hybridized carbons (Fsp3) is 0.167. The summed E-state index contributed by atoms with van der Waals surface area (Å²) in [6.07, 6.45) is 5.05. The minimum atomic E-state index is 0.695. The average molecular weight is 424 g/mol. The van der Waals surface area contributed by atoms with E-state index < -0.39 is 0 Å². The van der Waals surface area contributed by atoms with Gasteiger partial charge < -0.3 is 19.5 Å². The summed E-state index contributed by atoms with van der Waals surface area (Å²) in [6, 6.07) is 15.8. The van der Waals surface area contributed by atoms with E-state index in [2.05, 4.69) is 30.6 Å². The third-order valence-corrected chi connectivity index (χ3v) is 5.50. The first-order valence-electron chi connectivity index (χ1n) is 10.6. The van der Waals surface area contributed by atoms with Crippen molar-refractivity contribution < 1.29 is 8.83 Å². The molecule has 4 heterocycles. The van der Waals surface area contributed by atoms with E-state index in [1.165, 1.54) is 0 Å². The average Bonchev–Trinajstić information content (AvgIpc) is 3.41. The molecule has 2 N–H and O–H groups in total. The Labute approximate surface area is 182 Å². The molecular weight excluding hydrogens is 404 g/mol. The molecule has 0 amide bonds. The van der Waals surface area contributed by atoms with Gasteiger partial charge in [-0.2, -0.15) is 0 Å². The highest BCUT2D eigenvalue weighted by Crippen LogP contribution is 2.31. The van der Waals surface area contributed by atoms with Crippen LogP contribution in [0.2, 0.25) is 0 Å². The lowest BCUT2D eigenvalue weighted by Gasteiger charge is -2.07.